The summed E-state index contributed by atoms with van der Waals surface area (Å²) < 4.78 is 25.3. The van der Waals surface area contributed by atoms with Crippen LogP contribution in [0, 0.1) is 12.3 Å². The number of benzene rings is 1. The molecule has 0 aliphatic rings. The second-order valence-electron chi connectivity index (χ2n) is 4.96. The second-order valence-corrected chi connectivity index (χ2v) is 7.53. The number of hydrogen-bond donors (Lipinski definition) is 1. The first-order chi connectivity index (χ1) is 10.9. The summed E-state index contributed by atoms with van der Waals surface area (Å²) >= 11 is 1.22. The maximum absolute atomic E-state index is 11.9. The van der Waals surface area contributed by atoms with E-state index < -0.39 is 10.0 Å². The van der Waals surface area contributed by atoms with Gasteiger partial charge < -0.3 is 4.57 Å². The average molecular weight is 351 g/mol. The molecule has 0 radical (unpaired) electrons. The van der Waals surface area contributed by atoms with Gasteiger partial charge in [-0.1, -0.05) is 30.6 Å². The number of rotatable bonds is 5. The molecule has 2 N–H and O–H groups in total. The predicted octanol–water partition coefficient (Wildman–Crippen LogP) is 1.60. The van der Waals surface area contributed by atoms with Crippen LogP contribution in [0.25, 0.3) is 10.2 Å². The van der Waals surface area contributed by atoms with Crippen molar-refractivity contribution in [2.75, 3.05) is 0 Å². The van der Waals surface area contributed by atoms with E-state index in [2.05, 4.69) is 10.9 Å². The Labute approximate surface area is 138 Å². The van der Waals surface area contributed by atoms with Gasteiger partial charge in [-0.2, -0.15) is 4.99 Å². The third kappa shape index (κ3) is 4.07. The summed E-state index contributed by atoms with van der Waals surface area (Å²) in [4.78, 5) is 16.5. The van der Waals surface area contributed by atoms with Crippen molar-refractivity contribution in [2.24, 2.45) is 10.1 Å². The SMILES string of the molecule is C#CCn1c(=NC(=O)CCCC)sc2cc(S(N)(=O)=O)ccc21. The molecule has 0 saturated heterocycles. The van der Waals surface area contributed by atoms with Crippen molar-refractivity contribution >= 4 is 37.5 Å². The molecule has 122 valence electrons. The number of carbonyl (C=O) groups excluding carboxylic acids is 1. The number of carbonyl (C=O) groups is 1. The fourth-order valence-corrected chi connectivity index (χ4v) is 3.75. The van der Waals surface area contributed by atoms with Gasteiger partial charge in [-0.25, -0.2) is 13.6 Å². The number of terminal acetylenes is 1. The molecule has 0 aliphatic carbocycles. The van der Waals surface area contributed by atoms with Gasteiger partial charge >= 0.3 is 0 Å². The van der Waals surface area contributed by atoms with E-state index in [1.807, 2.05) is 6.92 Å². The molecule has 0 bridgehead atoms. The van der Waals surface area contributed by atoms with Gasteiger partial charge in [0.25, 0.3) is 0 Å². The highest BCUT2D eigenvalue weighted by Crippen LogP contribution is 2.21. The number of nitrogens with two attached hydrogens (primary N) is 1. The summed E-state index contributed by atoms with van der Waals surface area (Å²) in [7, 11) is -3.79. The van der Waals surface area contributed by atoms with E-state index in [1.165, 1.54) is 23.5 Å². The van der Waals surface area contributed by atoms with Crippen molar-refractivity contribution in [3.63, 3.8) is 0 Å². The van der Waals surface area contributed by atoms with Crippen LogP contribution in [0.1, 0.15) is 26.2 Å². The molecule has 0 aliphatic heterocycles. The van der Waals surface area contributed by atoms with E-state index in [4.69, 9.17) is 11.6 Å². The number of sulfonamides is 1. The lowest BCUT2D eigenvalue weighted by Crippen LogP contribution is -2.16. The van der Waals surface area contributed by atoms with Crippen LogP contribution in [0.5, 0.6) is 0 Å². The fourth-order valence-electron chi connectivity index (χ4n) is 2.05. The monoisotopic (exact) mass is 351 g/mol. The van der Waals surface area contributed by atoms with Crippen LogP contribution in [0.15, 0.2) is 28.1 Å². The van der Waals surface area contributed by atoms with E-state index in [9.17, 15) is 13.2 Å². The fraction of sp³-hybridized carbons (Fsp3) is 0.333. The number of fused-ring (bicyclic) bond motifs is 1. The summed E-state index contributed by atoms with van der Waals surface area (Å²) in [6.45, 7) is 2.24. The van der Waals surface area contributed by atoms with Crippen LogP contribution in [0.4, 0.5) is 0 Å². The van der Waals surface area contributed by atoms with Crippen molar-refractivity contribution in [3.05, 3.63) is 23.0 Å². The third-order valence-electron chi connectivity index (χ3n) is 3.20. The molecule has 0 spiro atoms. The first-order valence-corrected chi connectivity index (χ1v) is 9.40. The van der Waals surface area contributed by atoms with Gasteiger partial charge in [0.05, 0.1) is 21.7 Å². The molecule has 8 heteroatoms. The second kappa shape index (κ2) is 7.08. The van der Waals surface area contributed by atoms with Gasteiger partial charge in [-0.05, 0) is 24.6 Å². The zero-order valence-electron chi connectivity index (χ0n) is 12.7. The van der Waals surface area contributed by atoms with Crippen LogP contribution >= 0.6 is 11.3 Å². The Hall–Kier alpha value is -1.95. The zero-order valence-corrected chi connectivity index (χ0v) is 14.3. The zero-order chi connectivity index (χ0) is 17.0. The summed E-state index contributed by atoms with van der Waals surface area (Å²) in [6.07, 6.45) is 7.45. The summed E-state index contributed by atoms with van der Waals surface area (Å²) in [5, 5.41) is 5.15. The molecular formula is C15H17N3O3S2. The lowest BCUT2D eigenvalue weighted by atomic mass is 10.2. The summed E-state index contributed by atoms with van der Waals surface area (Å²) in [5.41, 5.74) is 0.724. The number of aromatic nitrogens is 1. The van der Waals surface area contributed by atoms with E-state index in [0.717, 1.165) is 18.4 Å². The summed E-state index contributed by atoms with van der Waals surface area (Å²) in [5.74, 6) is 2.31. The minimum atomic E-state index is -3.79. The van der Waals surface area contributed by atoms with Crippen LogP contribution in [-0.4, -0.2) is 18.9 Å². The number of thiazole rings is 1. The van der Waals surface area contributed by atoms with E-state index in [0.29, 0.717) is 15.9 Å². The summed E-state index contributed by atoms with van der Waals surface area (Å²) in [6, 6.07) is 4.51. The molecule has 1 aromatic carbocycles. The Morgan fingerprint density at radius 2 is 2.22 bits per heavy atom. The highest BCUT2D eigenvalue weighted by Gasteiger charge is 2.12. The Morgan fingerprint density at radius 1 is 1.48 bits per heavy atom. The molecule has 2 rings (SSSR count). The van der Waals surface area contributed by atoms with Crippen molar-refractivity contribution in [3.8, 4) is 12.3 Å². The third-order valence-corrected chi connectivity index (χ3v) is 5.15. The van der Waals surface area contributed by atoms with Gasteiger partial charge in [0.2, 0.25) is 15.9 Å². The highest BCUT2D eigenvalue weighted by molar-refractivity contribution is 7.89. The van der Waals surface area contributed by atoms with Gasteiger partial charge in [-0.3, -0.25) is 4.79 Å². The Bertz CT molecular complexity index is 946. The van der Waals surface area contributed by atoms with Crippen LogP contribution in [-0.2, 0) is 21.4 Å². The maximum atomic E-state index is 11.9. The number of nitrogens with zero attached hydrogens (tertiary/aromatic N) is 2. The van der Waals surface area contributed by atoms with Crippen LogP contribution in [0.3, 0.4) is 0 Å². The van der Waals surface area contributed by atoms with Gasteiger partial charge in [0.1, 0.15) is 0 Å². The van der Waals surface area contributed by atoms with Gasteiger partial charge in [0, 0.05) is 6.42 Å². The Kier molecular flexibility index (Phi) is 5.36. The van der Waals surface area contributed by atoms with E-state index >= 15 is 0 Å². The van der Waals surface area contributed by atoms with Crippen LogP contribution in [0.2, 0.25) is 0 Å². The molecule has 1 amide bonds. The Morgan fingerprint density at radius 3 is 2.83 bits per heavy atom. The normalized spacial score (nSPS) is 12.5. The molecule has 0 saturated carbocycles. The lowest BCUT2D eigenvalue weighted by molar-refractivity contribution is -0.118. The Balaban J connectivity index is 2.60. The standard InChI is InChI=1S/C15H17N3O3S2/c1-3-5-6-14(19)17-15-18(9-4-2)12-8-7-11(23(16,20)21)10-13(12)22-15/h2,7-8,10H,3,5-6,9H2,1H3,(H2,16,20,21). The topological polar surface area (TPSA) is 94.5 Å². The molecule has 1 heterocycles. The smallest absolute Gasteiger partial charge is 0.248 e. The molecule has 1 aromatic heterocycles. The van der Waals surface area contributed by atoms with Gasteiger partial charge in [0.15, 0.2) is 4.80 Å². The number of primary sulfonamides is 1. The maximum Gasteiger partial charge on any atom is 0.248 e. The predicted molar refractivity (Wildman–Crippen MR) is 90.1 cm³/mol. The van der Waals surface area contributed by atoms with Crippen molar-refractivity contribution in [1.29, 1.82) is 0 Å². The molecule has 0 unspecified atom stereocenters. The molecule has 0 fully saturated rings. The molecule has 2 aromatic rings. The molecule has 0 atom stereocenters. The van der Waals surface area contributed by atoms with Gasteiger partial charge in [-0.15, -0.1) is 6.42 Å². The van der Waals surface area contributed by atoms with Crippen LogP contribution < -0.4 is 9.94 Å². The number of unbranched alkanes of at least 4 members (excludes halogenated alkanes) is 1. The minimum absolute atomic E-state index is 0.0166. The van der Waals surface area contributed by atoms with E-state index in [1.54, 1.807) is 10.6 Å². The first-order valence-electron chi connectivity index (χ1n) is 7.04. The quantitative estimate of drug-likeness (QED) is 0.829. The molecule has 23 heavy (non-hydrogen) atoms. The molecular weight excluding hydrogens is 334 g/mol. The number of hydrogen-bond acceptors (Lipinski definition) is 4. The lowest BCUT2D eigenvalue weighted by Gasteiger charge is -2.01. The minimum Gasteiger partial charge on any atom is -0.305 e. The first kappa shape index (κ1) is 17.4. The van der Waals surface area contributed by atoms with E-state index in [-0.39, 0.29) is 17.3 Å². The average Bonchev–Trinajstić information content (AvgIpc) is 2.81. The largest absolute Gasteiger partial charge is 0.305 e. The highest BCUT2D eigenvalue weighted by atomic mass is 32.2. The van der Waals surface area contributed by atoms with Crippen molar-refractivity contribution < 1.29 is 13.2 Å². The number of amides is 1. The van der Waals surface area contributed by atoms with Crippen molar-refractivity contribution in [2.45, 2.75) is 37.6 Å². The molecule has 6 nitrogen and oxygen atoms in total. The van der Waals surface area contributed by atoms with Crippen molar-refractivity contribution in [1.82, 2.24) is 4.57 Å².